The van der Waals surface area contributed by atoms with Crippen molar-refractivity contribution in [2.24, 2.45) is 0 Å². The molecule has 0 atom stereocenters. The predicted molar refractivity (Wildman–Crippen MR) is 89.6 cm³/mol. The molecule has 2 heterocycles. The summed E-state index contributed by atoms with van der Waals surface area (Å²) in [6.07, 6.45) is 3.87. The largest absolute Gasteiger partial charge is 0.339 e. The molecule has 2 aromatic rings. The van der Waals surface area contributed by atoms with E-state index in [0.29, 0.717) is 5.56 Å². The lowest BCUT2D eigenvalue weighted by atomic mass is 10.1. The summed E-state index contributed by atoms with van der Waals surface area (Å²) in [6.45, 7) is 0.323. The average Bonchev–Trinajstić information content (AvgIpc) is 3.16. The smallest absolute Gasteiger partial charge is 0.337 e. The molecule has 0 aliphatic carbocycles. The van der Waals surface area contributed by atoms with Crippen LogP contribution < -0.4 is 0 Å². The molecular weight excluding hydrogens is 350 g/mol. The number of sulfone groups is 1. The van der Waals surface area contributed by atoms with Gasteiger partial charge in [0.1, 0.15) is 0 Å². The number of amides is 1. The molecule has 1 amide bonds. The number of carbonyl (C=O) groups excluding carboxylic acids is 1. The second-order valence-electron chi connectivity index (χ2n) is 5.98. The van der Waals surface area contributed by atoms with E-state index in [9.17, 15) is 22.0 Å². The molecule has 25 heavy (non-hydrogen) atoms. The molecule has 3 rings (SSSR count). The highest BCUT2D eigenvalue weighted by atomic mass is 32.2. The molecule has 1 saturated heterocycles. The van der Waals surface area contributed by atoms with Gasteiger partial charge in [-0.1, -0.05) is 0 Å². The lowest BCUT2D eigenvalue weighted by Crippen LogP contribution is -2.43. The molecule has 0 saturated carbocycles. The standard InChI is InChI=1S/C17H18F2N2O3S/c18-17(19)25(23,24)15-7-11-21(12-8-15)16(22)13-3-5-14(6-4-13)20-9-1-2-10-20/h1-6,9-10,15,17H,7-8,11-12H2. The van der Waals surface area contributed by atoms with E-state index in [4.69, 9.17) is 0 Å². The van der Waals surface area contributed by atoms with Crippen molar-refractivity contribution in [1.82, 2.24) is 9.47 Å². The van der Waals surface area contributed by atoms with Gasteiger partial charge in [0.25, 0.3) is 5.91 Å². The van der Waals surface area contributed by atoms with Crippen LogP contribution in [-0.4, -0.2) is 47.9 Å². The van der Waals surface area contributed by atoms with Gasteiger partial charge in [0, 0.05) is 36.7 Å². The quantitative estimate of drug-likeness (QED) is 0.834. The third-order valence-electron chi connectivity index (χ3n) is 4.46. The second-order valence-corrected chi connectivity index (χ2v) is 8.18. The summed E-state index contributed by atoms with van der Waals surface area (Å²) in [7, 11) is -4.42. The van der Waals surface area contributed by atoms with Gasteiger partial charge in [-0.05, 0) is 49.2 Å². The number of piperidine rings is 1. The maximum Gasteiger partial charge on any atom is 0.337 e. The Morgan fingerprint density at radius 3 is 2.12 bits per heavy atom. The molecule has 1 aromatic heterocycles. The summed E-state index contributed by atoms with van der Waals surface area (Å²) in [5.41, 5.74) is 1.41. The number of hydrogen-bond donors (Lipinski definition) is 0. The van der Waals surface area contributed by atoms with Crippen LogP contribution in [0.15, 0.2) is 48.8 Å². The summed E-state index contributed by atoms with van der Waals surface area (Å²) < 4.78 is 50.2. The van der Waals surface area contributed by atoms with Crippen molar-refractivity contribution in [2.75, 3.05) is 13.1 Å². The van der Waals surface area contributed by atoms with Crippen LogP contribution in [0.1, 0.15) is 23.2 Å². The molecule has 0 N–H and O–H groups in total. The van der Waals surface area contributed by atoms with Crippen LogP contribution >= 0.6 is 0 Å². The minimum Gasteiger partial charge on any atom is -0.339 e. The summed E-state index contributed by atoms with van der Waals surface area (Å²) >= 11 is 0. The number of alkyl halides is 2. The van der Waals surface area contributed by atoms with Crippen LogP contribution in [0.5, 0.6) is 0 Å². The first-order chi connectivity index (χ1) is 11.9. The van der Waals surface area contributed by atoms with Gasteiger partial charge in [-0.2, -0.15) is 8.78 Å². The highest BCUT2D eigenvalue weighted by Crippen LogP contribution is 2.24. The molecule has 134 valence electrons. The second kappa shape index (κ2) is 6.95. The molecule has 0 bridgehead atoms. The van der Waals surface area contributed by atoms with Crippen molar-refractivity contribution in [3.05, 3.63) is 54.4 Å². The Morgan fingerprint density at radius 1 is 1.04 bits per heavy atom. The van der Waals surface area contributed by atoms with Crippen LogP contribution in [0.3, 0.4) is 0 Å². The molecule has 1 aromatic carbocycles. The normalized spacial score (nSPS) is 16.4. The van der Waals surface area contributed by atoms with Crippen molar-refractivity contribution in [2.45, 2.75) is 23.8 Å². The zero-order valence-electron chi connectivity index (χ0n) is 13.4. The van der Waals surface area contributed by atoms with Crippen molar-refractivity contribution < 1.29 is 22.0 Å². The molecule has 0 spiro atoms. The van der Waals surface area contributed by atoms with Crippen LogP contribution in [0, 0.1) is 0 Å². The fourth-order valence-corrected chi connectivity index (χ4v) is 4.16. The van der Waals surface area contributed by atoms with Crippen molar-refractivity contribution >= 4 is 15.7 Å². The van der Waals surface area contributed by atoms with E-state index < -0.39 is 20.8 Å². The molecule has 1 fully saturated rings. The summed E-state index contributed by atoms with van der Waals surface area (Å²) in [5, 5.41) is -1.08. The third kappa shape index (κ3) is 3.58. The van der Waals surface area contributed by atoms with E-state index in [2.05, 4.69) is 0 Å². The Hall–Kier alpha value is -2.22. The fraction of sp³-hybridized carbons (Fsp3) is 0.353. The molecule has 1 aliphatic heterocycles. The number of halogens is 2. The zero-order valence-corrected chi connectivity index (χ0v) is 14.2. The highest BCUT2D eigenvalue weighted by Gasteiger charge is 2.37. The van der Waals surface area contributed by atoms with Gasteiger partial charge in [0.15, 0.2) is 0 Å². The van der Waals surface area contributed by atoms with Crippen LogP contribution in [0.4, 0.5) is 8.78 Å². The monoisotopic (exact) mass is 368 g/mol. The SMILES string of the molecule is O=C(c1ccc(-n2cccc2)cc1)N1CCC(S(=O)(=O)C(F)F)CC1. The Labute approximate surface area is 144 Å². The molecule has 0 unspecified atom stereocenters. The number of aromatic nitrogens is 1. The number of rotatable bonds is 4. The molecular formula is C17H18F2N2O3S. The minimum atomic E-state index is -4.42. The molecule has 1 aliphatic rings. The van der Waals surface area contributed by atoms with Crippen LogP contribution in [-0.2, 0) is 9.84 Å². The maximum absolute atomic E-state index is 12.6. The average molecular weight is 368 g/mol. The number of likely N-dealkylation sites (tertiary alicyclic amines) is 1. The molecule has 8 heteroatoms. The summed E-state index contributed by atoms with van der Waals surface area (Å²) in [4.78, 5) is 14.0. The predicted octanol–water partition coefficient (Wildman–Crippen LogP) is 2.72. The first-order valence-corrected chi connectivity index (χ1v) is 9.54. The Morgan fingerprint density at radius 2 is 1.60 bits per heavy atom. The summed E-state index contributed by atoms with van der Waals surface area (Å²) in [5.74, 6) is -3.58. The van der Waals surface area contributed by atoms with Crippen molar-refractivity contribution in [3.63, 3.8) is 0 Å². The zero-order chi connectivity index (χ0) is 18.0. The van der Waals surface area contributed by atoms with E-state index >= 15 is 0 Å². The number of benzene rings is 1. The van der Waals surface area contributed by atoms with E-state index in [0.717, 1.165) is 5.69 Å². The topological polar surface area (TPSA) is 59.4 Å². The highest BCUT2D eigenvalue weighted by molar-refractivity contribution is 7.92. The van der Waals surface area contributed by atoms with Gasteiger partial charge in [0.2, 0.25) is 9.84 Å². The summed E-state index contributed by atoms with van der Waals surface area (Å²) in [6, 6.07) is 10.9. The van der Waals surface area contributed by atoms with Gasteiger partial charge in [0.05, 0.1) is 5.25 Å². The molecule has 0 radical (unpaired) electrons. The Balaban J connectivity index is 1.65. The van der Waals surface area contributed by atoms with Gasteiger partial charge < -0.3 is 9.47 Å². The number of nitrogens with zero attached hydrogens (tertiary/aromatic N) is 2. The van der Waals surface area contributed by atoms with Crippen molar-refractivity contribution in [3.8, 4) is 5.69 Å². The molecule has 5 nitrogen and oxygen atoms in total. The van der Waals surface area contributed by atoms with Crippen LogP contribution in [0.25, 0.3) is 5.69 Å². The Bertz CT molecular complexity index is 825. The number of hydrogen-bond acceptors (Lipinski definition) is 3. The maximum atomic E-state index is 12.6. The lowest BCUT2D eigenvalue weighted by molar-refractivity contribution is 0.0724. The van der Waals surface area contributed by atoms with Crippen molar-refractivity contribution in [1.29, 1.82) is 0 Å². The van der Waals surface area contributed by atoms with Crippen LogP contribution in [0.2, 0.25) is 0 Å². The van der Waals surface area contributed by atoms with E-state index in [-0.39, 0.29) is 31.8 Å². The van der Waals surface area contributed by atoms with Gasteiger partial charge in [-0.15, -0.1) is 0 Å². The number of carbonyl (C=O) groups is 1. The van der Waals surface area contributed by atoms with Gasteiger partial charge in [-0.25, -0.2) is 8.42 Å². The van der Waals surface area contributed by atoms with E-state index in [1.165, 1.54) is 4.90 Å². The third-order valence-corrected chi connectivity index (χ3v) is 6.36. The Kier molecular flexibility index (Phi) is 4.89. The van der Waals surface area contributed by atoms with Gasteiger partial charge in [-0.3, -0.25) is 4.79 Å². The van der Waals surface area contributed by atoms with E-state index in [1.54, 1.807) is 12.1 Å². The van der Waals surface area contributed by atoms with Gasteiger partial charge >= 0.3 is 5.76 Å². The first kappa shape index (κ1) is 17.6. The minimum absolute atomic E-state index is 0.0415. The van der Waals surface area contributed by atoms with E-state index in [1.807, 2.05) is 41.2 Å². The first-order valence-electron chi connectivity index (χ1n) is 7.93. The fourth-order valence-electron chi connectivity index (χ4n) is 3.00. The lowest BCUT2D eigenvalue weighted by Gasteiger charge is -2.31.